The Morgan fingerprint density at radius 2 is 1.93 bits per heavy atom. The van der Waals surface area contributed by atoms with E-state index in [1.807, 2.05) is 0 Å². The van der Waals surface area contributed by atoms with Crippen LogP contribution in [0.1, 0.15) is 23.7 Å². The maximum Gasteiger partial charge on any atom is 0.161 e. The molecule has 2 atom stereocenters. The Bertz CT molecular complexity index is 370. The van der Waals surface area contributed by atoms with Gasteiger partial charge in [-0.2, -0.15) is 0 Å². The minimum Gasteiger partial charge on any atom is -0.504 e. The minimum atomic E-state index is -0.745. The highest BCUT2D eigenvalue weighted by Crippen LogP contribution is 2.39. The molecule has 0 aromatic heterocycles. The van der Waals surface area contributed by atoms with Crippen LogP contribution in [0.2, 0.25) is 0 Å². The fraction of sp³-hybridized carbons (Fsp3) is 0.400. The van der Waals surface area contributed by atoms with E-state index in [4.69, 9.17) is 5.73 Å². The summed E-state index contributed by atoms with van der Waals surface area (Å²) in [6.07, 6.45) is 0.462. The predicted octanol–water partition coefficient (Wildman–Crippen LogP) is 0.983. The van der Waals surface area contributed by atoms with Crippen molar-refractivity contribution in [2.75, 3.05) is 0 Å². The van der Waals surface area contributed by atoms with Gasteiger partial charge in [0.25, 0.3) is 0 Å². The lowest BCUT2D eigenvalue weighted by Crippen LogP contribution is -2.32. The van der Waals surface area contributed by atoms with E-state index in [9.17, 15) is 15.3 Å². The summed E-state index contributed by atoms with van der Waals surface area (Å²) < 4.78 is 0. The van der Waals surface area contributed by atoms with Crippen LogP contribution in [0.25, 0.3) is 0 Å². The Kier molecular flexibility index (Phi) is 3.59. The molecule has 0 amide bonds. The van der Waals surface area contributed by atoms with Crippen molar-refractivity contribution in [2.45, 2.75) is 25.0 Å². The molecule has 2 rings (SSSR count). The molecule has 5 N–H and O–H groups in total. The van der Waals surface area contributed by atoms with Gasteiger partial charge in [0.15, 0.2) is 11.5 Å². The highest BCUT2D eigenvalue weighted by Gasteiger charge is 2.27. The second-order valence-corrected chi connectivity index (χ2v) is 3.65. The van der Waals surface area contributed by atoms with Crippen LogP contribution < -0.4 is 5.73 Å². The predicted molar refractivity (Wildman–Crippen MR) is 61.3 cm³/mol. The first-order valence-electron chi connectivity index (χ1n) is 4.58. The number of benzene rings is 1. The van der Waals surface area contributed by atoms with Gasteiger partial charge >= 0.3 is 0 Å². The van der Waals surface area contributed by atoms with Gasteiger partial charge in [0.1, 0.15) is 0 Å². The highest BCUT2D eigenvalue weighted by atomic mass is 79.9. The van der Waals surface area contributed by atoms with Crippen LogP contribution >= 0.6 is 17.0 Å². The zero-order valence-electron chi connectivity index (χ0n) is 8.05. The van der Waals surface area contributed by atoms with E-state index in [0.717, 1.165) is 0 Å². The number of aliphatic hydroxyl groups is 1. The lowest BCUT2D eigenvalue weighted by Gasteiger charge is -2.27. The summed E-state index contributed by atoms with van der Waals surface area (Å²) >= 11 is 0. The van der Waals surface area contributed by atoms with Crippen LogP contribution in [0.15, 0.2) is 12.1 Å². The molecule has 1 aromatic carbocycles. The lowest BCUT2D eigenvalue weighted by atomic mass is 9.85. The third kappa shape index (κ3) is 1.95. The van der Waals surface area contributed by atoms with Crippen molar-refractivity contribution in [1.29, 1.82) is 0 Å². The summed E-state index contributed by atoms with van der Waals surface area (Å²) in [5.41, 5.74) is 6.92. The van der Waals surface area contributed by atoms with Gasteiger partial charge in [0.05, 0.1) is 6.10 Å². The van der Waals surface area contributed by atoms with Crippen LogP contribution in [-0.2, 0) is 6.42 Å². The first-order valence-corrected chi connectivity index (χ1v) is 4.58. The van der Waals surface area contributed by atoms with Crippen molar-refractivity contribution in [1.82, 2.24) is 0 Å². The third-order valence-electron chi connectivity index (χ3n) is 2.75. The number of phenols is 2. The molecule has 0 aliphatic heterocycles. The molecule has 0 unspecified atom stereocenters. The van der Waals surface area contributed by atoms with E-state index in [-0.39, 0.29) is 34.5 Å². The van der Waals surface area contributed by atoms with E-state index in [1.165, 1.54) is 6.07 Å². The quantitative estimate of drug-likeness (QED) is 0.532. The summed E-state index contributed by atoms with van der Waals surface area (Å²) in [4.78, 5) is 0. The Balaban J connectivity index is 0.00000112. The molecule has 15 heavy (non-hydrogen) atoms. The molecule has 1 aromatic rings. The van der Waals surface area contributed by atoms with Gasteiger partial charge < -0.3 is 21.1 Å². The zero-order valence-corrected chi connectivity index (χ0v) is 9.76. The summed E-state index contributed by atoms with van der Waals surface area (Å²) in [6.45, 7) is 0. The van der Waals surface area contributed by atoms with E-state index in [1.54, 1.807) is 6.07 Å². The molecule has 0 radical (unpaired) electrons. The molecule has 0 saturated carbocycles. The van der Waals surface area contributed by atoms with Crippen LogP contribution in [0.3, 0.4) is 0 Å². The van der Waals surface area contributed by atoms with Gasteiger partial charge in [0, 0.05) is 11.6 Å². The van der Waals surface area contributed by atoms with Gasteiger partial charge in [-0.1, -0.05) is 6.07 Å². The monoisotopic (exact) mass is 275 g/mol. The van der Waals surface area contributed by atoms with Crippen molar-refractivity contribution in [3.8, 4) is 11.5 Å². The smallest absolute Gasteiger partial charge is 0.161 e. The molecule has 0 heterocycles. The average Bonchev–Trinajstić information content (AvgIpc) is 2.17. The van der Waals surface area contributed by atoms with Crippen molar-refractivity contribution >= 4 is 17.0 Å². The molecule has 1 aliphatic carbocycles. The molecule has 1 aliphatic rings. The number of hydrogen-bond donors (Lipinski definition) is 4. The number of aliphatic hydroxyl groups excluding tert-OH is 1. The van der Waals surface area contributed by atoms with Crippen molar-refractivity contribution in [2.24, 2.45) is 5.73 Å². The molecule has 4 nitrogen and oxygen atoms in total. The summed E-state index contributed by atoms with van der Waals surface area (Å²) in [5, 5.41) is 28.5. The van der Waals surface area contributed by atoms with Gasteiger partial charge in [-0.25, -0.2) is 0 Å². The maximum atomic E-state index is 9.73. The molecular weight excluding hydrogens is 262 g/mol. The van der Waals surface area contributed by atoms with Gasteiger partial charge in [0.2, 0.25) is 0 Å². The number of hydrogen-bond acceptors (Lipinski definition) is 4. The third-order valence-corrected chi connectivity index (χ3v) is 2.75. The first-order chi connectivity index (χ1) is 6.61. The molecular formula is C10H14BrNO3. The van der Waals surface area contributed by atoms with E-state index < -0.39 is 6.10 Å². The van der Waals surface area contributed by atoms with Gasteiger partial charge in [-0.15, -0.1) is 17.0 Å². The lowest BCUT2D eigenvalue weighted by molar-refractivity contribution is 0.133. The number of fused-ring (bicyclic) bond motifs is 1. The number of aromatic hydroxyl groups is 2. The molecule has 84 valence electrons. The Morgan fingerprint density at radius 3 is 2.60 bits per heavy atom. The topological polar surface area (TPSA) is 86.7 Å². The average molecular weight is 276 g/mol. The normalized spacial score (nSPS) is 24.1. The van der Waals surface area contributed by atoms with Crippen molar-refractivity contribution in [3.05, 3.63) is 23.3 Å². The largest absolute Gasteiger partial charge is 0.504 e. The standard InChI is InChI=1S/C10H13NO3.BrH/c11-7-3-1-6-5(9(7)13)2-4-8(12)10(6)14;/h2,4,7,9,12-14H,1,3,11H2;1H/t7-,9+;/m0./s1. The second kappa shape index (κ2) is 4.38. The SMILES string of the molecule is Br.N[C@H]1CCc2c(ccc(O)c2O)[C@H]1O. The van der Waals surface area contributed by atoms with Crippen molar-refractivity contribution < 1.29 is 15.3 Å². The summed E-state index contributed by atoms with van der Waals surface area (Å²) in [6, 6.07) is 2.69. The van der Waals surface area contributed by atoms with Crippen LogP contribution in [0, 0.1) is 0 Å². The molecule has 0 saturated heterocycles. The maximum absolute atomic E-state index is 9.73. The Hall–Kier alpha value is -0.780. The highest BCUT2D eigenvalue weighted by molar-refractivity contribution is 8.93. The Labute approximate surface area is 98.1 Å². The van der Waals surface area contributed by atoms with Crippen LogP contribution in [0.5, 0.6) is 11.5 Å². The second-order valence-electron chi connectivity index (χ2n) is 3.65. The van der Waals surface area contributed by atoms with E-state index in [0.29, 0.717) is 24.0 Å². The number of nitrogens with two attached hydrogens (primary N) is 1. The summed E-state index contributed by atoms with van der Waals surface area (Å²) in [5.74, 6) is -0.278. The fourth-order valence-electron chi connectivity index (χ4n) is 1.88. The number of halogens is 1. The fourth-order valence-corrected chi connectivity index (χ4v) is 1.88. The van der Waals surface area contributed by atoms with Crippen LogP contribution in [-0.4, -0.2) is 21.4 Å². The summed E-state index contributed by atoms with van der Waals surface area (Å²) in [7, 11) is 0. The molecule has 5 heteroatoms. The van der Waals surface area contributed by atoms with Crippen LogP contribution in [0.4, 0.5) is 0 Å². The zero-order chi connectivity index (χ0) is 10.3. The van der Waals surface area contributed by atoms with Crippen molar-refractivity contribution in [3.63, 3.8) is 0 Å². The Morgan fingerprint density at radius 1 is 1.27 bits per heavy atom. The molecule has 0 spiro atoms. The van der Waals surface area contributed by atoms with E-state index in [2.05, 4.69) is 0 Å². The number of phenolic OH excluding ortho intramolecular Hbond substituents is 2. The van der Waals surface area contributed by atoms with Gasteiger partial charge in [-0.05, 0) is 24.5 Å². The van der Waals surface area contributed by atoms with Gasteiger partial charge in [-0.3, -0.25) is 0 Å². The molecule has 0 fully saturated rings. The molecule has 0 bridgehead atoms. The van der Waals surface area contributed by atoms with E-state index >= 15 is 0 Å². The first kappa shape index (κ1) is 12.3. The number of rotatable bonds is 0. The minimum absolute atomic E-state index is 0.